The van der Waals surface area contributed by atoms with Crippen LogP contribution in [0.15, 0.2) is 73.4 Å². The van der Waals surface area contributed by atoms with E-state index in [2.05, 4.69) is 32.7 Å². The second-order valence-corrected chi connectivity index (χ2v) is 5.75. The third-order valence-corrected chi connectivity index (χ3v) is 4.23. The Hall–Kier alpha value is -3.01. The molecule has 4 aromatic rings. The first-order valence-electron chi connectivity index (χ1n) is 7.89. The van der Waals surface area contributed by atoms with E-state index in [-0.39, 0.29) is 5.82 Å². The van der Waals surface area contributed by atoms with Crippen LogP contribution in [0.3, 0.4) is 0 Å². The molecule has 0 aliphatic rings. The minimum Gasteiger partial charge on any atom is -0.330 e. The van der Waals surface area contributed by atoms with Crippen LogP contribution in [0.4, 0.5) is 4.39 Å². The summed E-state index contributed by atoms with van der Waals surface area (Å²) in [7, 11) is 0. The van der Waals surface area contributed by atoms with E-state index in [1.807, 2.05) is 36.9 Å². The molecular weight excluding hydrogens is 301 g/mol. The van der Waals surface area contributed by atoms with E-state index in [1.54, 1.807) is 6.20 Å². The smallest absolute Gasteiger partial charge is 0.123 e. The summed E-state index contributed by atoms with van der Waals surface area (Å²) >= 11 is 0. The van der Waals surface area contributed by atoms with Crippen molar-refractivity contribution in [2.45, 2.75) is 13.0 Å². The predicted molar refractivity (Wildman–Crippen MR) is 93.1 cm³/mol. The second-order valence-electron chi connectivity index (χ2n) is 5.75. The van der Waals surface area contributed by atoms with Gasteiger partial charge in [-0.1, -0.05) is 30.3 Å². The molecule has 2 aromatic carbocycles. The fourth-order valence-electron chi connectivity index (χ4n) is 2.96. The van der Waals surface area contributed by atoms with Gasteiger partial charge in [-0.05, 0) is 35.6 Å². The first-order valence-corrected chi connectivity index (χ1v) is 7.89. The van der Waals surface area contributed by atoms with Crippen LogP contribution >= 0.6 is 0 Å². The summed E-state index contributed by atoms with van der Waals surface area (Å²) in [5.41, 5.74) is 3.29. The Balaban J connectivity index is 1.65. The zero-order valence-corrected chi connectivity index (χ0v) is 13.1. The minimum atomic E-state index is -0.203. The van der Waals surface area contributed by atoms with Crippen molar-refractivity contribution in [2.75, 3.05) is 0 Å². The lowest BCUT2D eigenvalue weighted by Crippen LogP contribution is -2.02. The molecule has 4 heteroatoms. The largest absolute Gasteiger partial charge is 0.330 e. The second kappa shape index (κ2) is 6.24. The summed E-state index contributed by atoms with van der Waals surface area (Å²) in [5.74, 6) is -0.203. The SMILES string of the molecule is Fc1ccc(CCn2cncc2-c2cccc3ccncc23)cc1. The van der Waals surface area contributed by atoms with Crippen LogP contribution in [-0.4, -0.2) is 14.5 Å². The van der Waals surface area contributed by atoms with Crippen LogP contribution in [0.2, 0.25) is 0 Å². The molecule has 3 nitrogen and oxygen atoms in total. The molecule has 0 unspecified atom stereocenters. The molecule has 24 heavy (non-hydrogen) atoms. The zero-order chi connectivity index (χ0) is 16.4. The van der Waals surface area contributed by atoms with Gasteiger partial charge in [-0.25, -0.2) is 9.37 Å². The molecule has 2 aromatic heterocycles. The van der Waals surface area contributed by atoms with Gasteiger partial charge in [0.15, 0.2) is 0 Å². The molecular formula is C20H16FN3. The molecule has 0 fully saturated rings. The molecule has 118 valence electrons. The number of benzene rings is 2. The monoisotopic (exact) mass is 317 g/mol. The van der Waals surface area contributed by atoms with Gasteiger partial charge in [0, 0.05) is 29.9 Å². The summed E-state index contributed by atoms with van der Waals surface area (Å²) in [6, 6.07) is 14.9. The quantitative estimate of drug-likeness (QED) is 0.555. The highest BCUT2D eigenvalue weighted by atomic mass is 19.1. The Bertz CT molecular complexity index is 968. The average Bonchev–Trinajstić information content (AvgIpc) is 3.09. The molecule has 0 saturated heterocycles. The molecule has 2 heterocycles. The molecule has 0 N–H and O–H groups in total. The Labute approximate surface area is 139 Å². The van der Waals surface area contributed by atoms with Gasteiger partial charge < -0.3 is 4.57 Å². The van der Waals surface area contributed by atoms with Crippen molar-refractivity contribution in [1.29, 1.82) is 0 Å². The maximum Gasteiger partial charge on any atom is 0.123 e. The number of pyridine rings is 1. The van der Waals surface area contributed by atoms with E-state index >= 15 is 0 Å². The van der Waals surface area contributed by atoms with E-state index < -0.39 is 0 Å². The van der Waals surface area contributed by atoms with Gasteiger partial charge in [0.1, 0.15) is 5.82 Å². The van der Waals surface area contributed by atoms with E-state index in [0.717, 1.165) is 40.6 Å². The fraction of sp³-hybridized carbons (Fsp3) is 0.100. The lowest BCUT2D eigenvalue weighted by molar-refractivity contribution is 0.625. The van der Waals surface area contributed by atoms with E-state index in [9.17, 15) is 4.39 Å². The number of hydrogen-bond acceptors (Lipinski definition) is 2. The standard InChI is InChI=1S/C20H16FN3/c21-17-6-4-15(5-7-17)9-11-24-14-23-13-20(24)18-3-1-2-16-8-10-22-12-19(16)18/h1-8,10,12-14H,9,11H2. The predicted octanol–water partition coefficient (Wildman–Crippen LogP) is 4.48. The highest BCUT2D eigenvalue weighted by Gasteiger charge is 2.09. The van der Waals surface area contributed by atoms with Gasteiger partial charge in [0.05, 0.1) is 18.2 Å². The van der Waals surface area contributed by atoms with Crippen LogP contribution < -0.4 is 0 Å². The molecule has 0 atom stereocenters. The molecule has 4 rings (SSSR count). The van der Waals surface area contributed by atoms with Gasteiger partial charge in [-0.3, -0.25) is 4.98 Å². The number of hydrogen-bond donors (Lipinski definition) is 0. The summed E-state index contributed by atoms with van der Waals surface area (Å²) in [6.45, 7) is 0.789. The van der Waals surface area contributed by atoms with Gasteiger partial charge in [-0.15, -0.1) is 0 Å². The Morgan fingerprint density at radius 1 is 0.917 bits per heavy atom. The summed E-state index contributed by atoms with van der Waals surface area (Å²) < 4.78 is 15.1. The average molecular weight is 317 g/mol. The van der Waals surface area contributed by atoms with Crippen LogP contribution in [0.1, 0.15) is 5.56 Å². The number of rotatable bonds is 4. The van der Waals surface area contributed by atoms with Crippen LogP contribution in [-0.2, 0) is 13.0 Å². The van der Waals surface area contributed by atoms with Crippen LogP contribution in [0, 0.1) is 5.82 Å². The van der Waals surface area contributed by atoms with Crippen LogP contribution in [0.25, 0.3) is 22.0 Å². The molecule has 0 radical (unpaired) electrons. The van der Waals surface area contributed by atoms with Gasteiger partial charge in [-0.2, -0.15) is 0 Å². The van der Waals surface area contributed by atoms with Crippen molar-refractivity contribution < 1.29 is 4.39 Å². The molecule has 0 aliphatic heterocycles. The number of fused-ring (bicyclic) bond motifs is 1. The van der Waals surface area contributed by atoms with Gasteiger partial charge >= 0.3 is 0 Å². The number of nitrogens with zero attached hydrogens (tertiary/aromatic N) is 3. The van der Waals surface area contributed by atoms with Gasteiger partial charge in [0.25, 0.3) is 0 Å². The molecule has 0 bridgehead atoms. The fourth-order valence-corrected chi connectivity index (χ4v) is 2.96. The first kappa shape index (κ1) is 14.6. The minimum absolute atomic E-state index is 0.203. The zero-order valence-electron chi connectivity index (χ0n) is 13.1. The highest BCUT2D eigenvalue weighted by Crippen LogP contribution is 2.27. The van der Waals surface area contributed by atoms with Crippen molar-refractivity contribution in [1.82, 2.24) is 14.5 Å². The summed E-state index contributed by atoms with van der Waals surface area (Å²) in [4.78, 5) is 8.56. The number of aromatic nitrogens is 3. The number of aryl methyl sites for hydroxylation is 2. The maximum atomic E-state index is 13.0. The Kier molecular flexibility index (Phi) is 3.79. The van der Waals surface area contributed by atoms with Crippen LogP contribution in [0.5, 0.6) is 0 Å². The number of imidazole rings is 1. The maximum absolute atomic E-state index is 13.0. The Morgan fingerprint density at radius 3 is 2.67 bits per heavy atom. The van der Waals surface area contributed by atoms with E-state index in [1.165, 1.54) is 12.1 Å². The van der Waals surface area contributed by atoms with Crippen molar-refractivity contribution >= 4 is 10.8 Å². The normalized spacial score (nSPS) is 11.0. The van der Waals surface area contributed by atoms with Gasteiger partial charge in [0.2, 0.25) is 0 Å². The lowest BCUT2D eigenvalue weighted by Gasteiger charge is -2.10. The molecule has 0 amide bonds. The molecule has 0 saturated carbocycles. The van der Waals surface area contributed by atoms with E-state index in [4.69, 9.17) is 0 Å². The van der Waals surface area contributed by atoms with Crippen molar-refractivity contribution in [3.05, 3.63) is 84.8 Å². The highest BCUT2D eigenvalue weighted by molar-refractivity contribution is 5.95. The Morgan fingerprint density at radius 2 is 1.79 bits per heavy atom. The summed E-state index contributed by atoms with van der Waals surface area (Å²) in [5, 5.41) is 2.28. The summed E-state index contributed by atoms with van der Waals surface area (Å²) in [6.07, 6.45) is 8.24. The molecule has 0 aliphatic carbocycles. The van der Waals surface area contributed by atoms with Crippen molar-refractivity contribution in [3.8, 4) is 11.3 Å². The van der Waals surface area contributed by atoms with Crippen molar-refractivity contribution in [2.24, 2.45) is 0 Å². The third-order valence-electron chi connectivity index (χ3n) is 4.23. The topological polar surface area (TPSA) is 30.7 Å². The third kappa shape index (κ3) is 2.78. The molecule has 0 spiro atoms. The number of halogens is 1. The van der Waals surface area contributed by atoms with E-state index in [0.29, 0.717) is 0 Å². The first-order chi connectivity index (χ1) is 11.8. The van der Waals surface area contributed by atoms with Crippen molar-refractivity contribution in [3.63, 3.8) is 0 Å². The lowest BCUT2D eigenvalue weighted by atomic mass is 10.0.